The van der Waals surface area contributed by atoms with Crippen molar-refractivity contribution < 1.29 is 0 Å². The highest BCUT2D eigenvalue weighted by Crippen LogP contribution is 2.21. The molecule has 0 fully saturated rings. The number of nitrogens with zero attached hydrogens (tertiary/aromatic N) is 1. The van der Waals surface area contributed by atoms with E-state index in [0.717, 1.165) is 16.8 Å². The van der Waals surface area contributed by atoms with Gasteiger partial charge in [0.05, 0.1) is 16.6 Å². The van der Waals surface area contributed by atoms with Gasteiger partial charge in [0, 0.05) is 5.69 Å². The van der Waals surface area contributed by atoms with Crippen LogP contribution in [0.5, 0.6) is 0 Å². The molecule has 0 aliphatic heterocycles. The molecule has 3 rings (SSSR count). The topological polar surface area (TPSA) is 63.8 Å². The van der Waals surface area contributed by atoms with Gasteiger partial charge in [-0.2, -0.15) is 0 Å². The minimum atomic E-state index is -0.161. The highest BCUT2D eigenvalue weighted by atomic mass is 16.1. The van der Waals surface area contributed by atoms with E-state index in [9.17, 15) is 4.79 Å². The Hall–Kier alpha value is -2.49. The van der Waals surface area contributed by atoms with E-state index in [2.05, 4.69) is 5.10 Å². The van der Waals surface area contributed by atoms with Crippen molar-refractivity contribution in [3.63, 3.8) is 0 Å². The van der Waals surface area contributed by atoms with Crippen molar-refractivity contribution in [2.75, 3.05) is 5.73 Å². The van der Waals surface area contributed by atoms with Crippen molar-refractivity contribution in [1.82, 2.24) is 9.78 Å². The van der Waals surface area contributed by atoms with E-state index in [1.54, 1.807) is 10.7 Å². The molecule has 2 aromatic carbocycles. The van der Waals surface area contributed by atoms with Gasteiger partial charge >= 0.3 is 0 Å². The van der Waals surface area contributed by atoms with Crippen LogP contribution in [0.2, 0.25) is 0 Å². The Morgan fingerprint density at radius 1 is 1.11 bits per heavy atom. The smallest absolute Gasteiger partial charge is 0.274 e. The maximum Gasteiger partial charge on any atom is 0.274 e. The maximum absolute atomic E-state index is 11.9. The van der Waals surface area contributed by atoms with Crippen LogP contribution in [0.15, 0.2) is 47.3 Å². The Kier molecular flexibility index (Phi) is 2.23. The third-order valence-electron chi connectivity index (χ3n) is 3.11. The molecule has 0 spiro atoms. The number of para-hydroxylation sites is 1. The Morgan fingerprint density at radius 2 is 1.89 bits per heavy atom. The number of aromatic nitrogens is 2. The van der Waals surface area contributed by atoms with Gasteiger partial charge in [0.25, 0.3) is 5.56 Å². The number of aromatic amines is 1. The lowest BCUT2D eigenvalue weighted by Crippen LogP contribution is -2.05. The maximum atomic E-state index is 11.9. The van der Waals surface area contributed by atoms with Crippen molar-refractivity contribution in [2.24, 2.45) is 0 Å². The molecule has 0 unspecified atom stereocenters. The Bertz CT molecular complexity index is 783. The van der Waals surface area contributed by atoms with Crippen molar-refractivity contribution in [3.05, 3.63) is 58.4 Å². The first kappa shape index (κ1) is 10.7. The van der Waals surface area contributed by atoms with Crippen LogP contribution in [-0.2, 0) is 0 Å². The lowest BCUT2D eigenvalue weighted by molar-refractivity contribution is 0.884. The van der Waals surface area contributed by atoms with E-state index in [4.69, 9.17) is 5.73 Å². The van der Waals surface area contributed by atoms with Crippen LogP contribution in [0.25, 0.3) is 16.6 Å². The lowest BCUT2D eigenvalue weighted by atomic mass is 10.2. The van der Waals surface area contributed by atoms with Gasteiger partial charge in [-0.25, -0.2) is 0 Å². The highest BCUT2D eigenvalue weighted by molar-refractivity contribution is 5.91. The van der Waals surface area contributed by atoms with Gasteiger partial charge in [-0.1, -0.05) is 24.3 Å². The summed E-state index contributed by atoms with van der Waals surface area (Å²) in [5.41, 5.74) is 9.04. The molecule has 90 valence electrons. The predicted octanol–water partition coefficient (Wildman–Crippen LogP) is 2.21. The van der Waals surface area contributed by atoms with E-state index in [1.807, 2.05) is 43.3 Å². The van der Waals surface area contributed by atoms with Gasteiger partial charge < -0.3 is 5.73 Å². The molecule has 0 aliphatic rings. The average molecular weight is 239 g/mol. The zero-order chi connectivity index (χ0) is 12.7. The van der Waals surface area contributed by atoms with E-state index in [-0.39, 0.29) is 5.56 Å². The van der Waals surface area contributed by atoms with Gasteiger partial charge in [-0.3, -0.25) is 14.6 Å². The second-order valence-corrected chi connectivity index (χ2v) is 4.30. The van der Waals surface area contributed by atoms with Gasteiger partial charge in [0.15, 0.2) is 0 Å². The molecule has 0 saturated carbocycles. The minimum absolute atomic E-state index is 0.161. The molecule has 3 N–H and O–H groups in total. The second-order valence-electron chi connectivity index (χ2n) is 4.30. The number of nitrogen functional groups attached to an aromatic ring is 1. The SMILES string of the molecule is Cc1ccccc1-n1[nH]c(=O)c2c(N)cccc21. The molecule has 4 heteroatoms. The quantitative estimate of drug-likeness (QED) is 0.639. The van der Waals surface area contributed by atoms with E-state index < -0.39 is 0 Å². The molecule has 0 aliphatic carbocycles. The number of H-pyrrole nitrogens is 1. The average Bonchev–Trinajstić information content (AvgIpc) is 2.69. The second kappa shape index (κ2) is 3.77. The lowest BCUT2D eigenvalue weighted by Gasteiger charge is -2.07. The summed E-state index contributed by atoms with van der Waals surface area (Å²) in [5.74, 6) is 0. The first-order valence-corrected chi connectivity index (χ1v) is 5.73. The monoisotopic (exact) mass is 239 g/mol. The number of hydrogen-bond donors (Lipinski definition) is 2. The molecule has 1 heterocycles. The molecular formula is C14H13N3O. The van der Waals surface area contributed by atoms with Gasteiger partial charge in [0.1, 0.15) is 0 Å². The van der Waals surface area contributed by atoms with Crippen molar-refractivity contribution in [2.45, 2.75) is 6.92 Å². The summed E-state index contributed by atoms with van der Waals surface area (Å²) >= 11 is 0. The molecule has 0 amide bonds. The largest absolute Gasteiger partial charge is 0.398 e. The predicted molar refractivity (Wildman–Crippen MR) is 73.0 cm³/mol. The molecule has 0 radical (unpaired) electrons. The third-order valence-corrected chi connectivity index (χ3v) is 3.11. The summed E-state index contributed by atoms with van der Waals surface area (Å²) in [6.07, 6.45) is 0. The van der Waals surface area contributed by atoms with Crippen LogP contribution < -0.4 is 11.3 Å². The van der Waals surface area contributed by atoms with Crippen LogP contribution in [-0.4, -0.2) is 9.78 Å². The van der Waals surface area contributed by atoms with Crippen LogP contribution in [0.1, 0.15) is 5.56 Å². The Balaban J connectivity index is 2.42. The molecule has 0 bridgehead atoms. The Labute approximate surface area is 104 Å². The van der Waals surface area contributed by atoms with E-state index in [1.165, 1.54) is 0 Å². The number of anilines is 1. The fourth-order valence-corrected chi connectivity index (χ4v) is 2.21. The summed E-state index contributed by atoms with van der Waals surface area (Å²) < 4.78 is 1.78. The van der Waals surface area contributed by atoms with E-state index >= 15 is 0 Å². The third kappa shape index (κ3) is 1.43. The standard InChI is InChI=1S/C14H13N3O/c1-9-5-2-3-7-11(9)17-12-8-4-6-10(15)13(12)14(18)16-17/h2-8H,15H2,1H3,(H,16,18). The van der Waals surface area contributed by atoms with Gasteiger partial charge in [-0.05, 0) is 30.7 Å². The highest BCUT2D eigenvalue weighted by Gasteiger charge is 2.11. The van der Waals surface area contributed by atoms with Crippen LogP contribution in [0.3, 0.4) is 0 Å². The number of rotatable bonds is 1. The summed E-state index contributed by atoms with van der Waals surface area (Å²) in [7, 11) is 0. The number of nitrogens with two attached hydrogens (primary N) is 1. The van der Waals surface area contributed by atoms with Gasteiger partial charge in [0.2, 0.25) is 0 Å². The molecule has 0 saturated heterocycles. The Morgan fingerprint density at radius 3 is 2.67 bits per heavy atom. The molecule has 3 aromatic rings. The van der Waals surface area contributed by atoms with Crippen molar-refractivity contribution in [1.29, 1.82) is 0 Å². The van der Waals surface area contributed by atoms with Crippen molar-refractivity contribution in [3.8, 4) is 5.69 Å². The zero-order valence-corrected chi connectivity index (χ0v) is 9.97. The molecule has 1 aromatic heterocycles. The number of fused-ring (bicyclic) bond motifs is 1. The fraction of sp³-hybridized carbons (Fsp3) is 0.0714. The summed E-state index contributed by atoms with van der Waals surface area (Å²) in [4.78, 5) is 11.9. The normalized spacial score (nSPS) is 10.9. The van der Waals surface area contributed by atoms with E-state index in [0.29, 0.717) is 11.1 Å². The van der Waals surface area contributed by atoms with Gasteiger partial charge in [-0.15, -0.1) is 0 Å². The summed E-state index contributed by atoms with van der Waals surface area (Å²) in [6.45, 7) is 2.01. The number of nitrogens with one attached hydrogen (secondary N) is 1. The molecule has 18 heavy (non-hydrogen) atoms. The first-order valence-electron chi connectivity index (χ1n) is 5.73. The number of benzene rings is 2. The molecule has 0 atom stereocenters. The molecular weight excluding hydrogens is 226 g/mol. The zero-order valence-electron chi connectivity index (χ0n) is 9.97. The number of aryl methyl sites for hydroxylation is 1. The number of hydrogen-bond acceptors (Lipinski definition) is 2. The van der Waals surface area contributed by atoms with Crippen LogP contribution >= 0.6 is 0 Å². The van der Waals surface area contributed by atoms with Crippen LogP contribution in [0.4, 0.5) is 5.69 Å². The molecule has 4 nitrogen and oxygen atoms in total. The fourth-order valence-electron chi connectivity index (χ4n) is 2.21. The summed E-state index contributed by atoms with van der Waals surface area (Å²) in [6, 6.07) is 13.4. The first-order chi connectivity index (χ1) is 8.68. The summed E-state index contributed by atoms with van der Waals surface area (Å²) in [5, 5.41) is 3.37. The minimum Gasteiger partial charge on any atom is -0.398 e. The van der Waals surface area contributed by atoms with Crippen molar-refractivity contribution >= 4 is 16.6 Å². The van der Waals surface area contributed by atoms with Crippen LogP contribution in [0, 0.1) is 6.92 Å².